The van der Waals surface area contributed by atoms with E-state index in [9.17, 15) is 15.0 Å². The summed E-state index contributed by atoms with van der Waals surface area (Å²) >= 11 is 0. The standard InChI is InChI=1S/C10H13NO4/c1-3-11(2)10(15)6-4-7(12)9(14)8(13)5-6/h4-5,12-14H,3H2,1-2H3. The molecule has 82 valence electrons. The third-order valence-corrected chi connectivity index (χ3v) is 2.14. The Hall–Kier alpha value is -1.91. The first-order chi connectivity index (χ1) is 6.97. The Morgan fingerprint density at radius 1 is 1.27 bits per heavy atom. The normalized spacial score (nSPS) is 10.0. The number of phenolic OH excluding ortho intramolecular Hbond substituents is 3. The molecule has 0 atom stereocenters. The maximum atomic E-state index is 11.6. The number of rotatable bonds is 2. The van der Waals surface area contributed by atoms with Crippen molar-refractivity contribution in [2.75, 3.05) is 13.6 Å². The van der Waals surface area contributed by atoms with Gasteiger partial charge < -0.3 is 20.2 Å². The number of hydrogen-bond donors (Lipinski definition) is 3. The van der Waals surface area contributed by atoms with Gasteiger partial charge >= 0.3 is 0 Å². The van der Waals surface area contributed by atoms with Crippen LogP contribution in [0.25, 0.3) is 0 Å². The Balaban J connectivity index is 3.12. The van der Waals surface area contributed by atoms with Gasteiger partial charge in [-0.15, -0.1) is 0 Å². The van der Waals surface area contributed by atoms with E-state index < -0.39 is 17.2 Å². The van der Waals surface area contributed by atoms with E-state index in [0.717, 1.165) is 12.1 Å². The molecule has 0 aliphatic rings. The number of carbonyl (C=O) groups is 1. The van der Waals surface area contributed by atoms with Crippen molar-refractivity contribution in [2.45, 2.75) is 6.92 Å². The summed E-state index contributed by atoms with van der Waals surface area (Å²) in [4.78, 5) is 13.0. The van der Waals surface area contributed by atoms with E-state index in [2.05, 4.69) is 0 Å². The molecule has 0 spiro atoms. The lowest BCUT2D eigenvalue weighted by molar-refractivity contribution is 0.0801. The molecule has 5 heteroatoms. The monoisotopic (exact) mass is 211 g/mol. The maximum absolute atomic E-state index is 11.6. The number of aromatic hydroxyl groups is 3. The molecule has 3 N–H and O–H groups in total. The fourth-order valence-corrected chi connectivity index (χ4v) is 1.09. The zero-order valence-electron chi connectivity index (χ0n) is 8.56. The minimum absolute atomic E-state index is 0.132. The summed E-state index contributed by atoms with van der Waals surface area (Å²) in [6, 6.07) is 2.23. The first kappa shape index (κ1) is 11.2. The fraction of sp³-hybridized carbons (Fsp3) is 0.300. The zero-order valence-corrected chi connectivity index (χ0v) is 8.56. The van der Waals surface area contributed by atoms with Gasteiger partial charge in [0.05, 0.1) is 0 Å². The number of hydrogen-bond acceptors (Lipinski definition) is 4. The van der Waals surface area contributed by atoms with Gasteiger partial charge in [-0.25, -0.2) is 0 Å². The molecule has 0 bridgehead atoms. The molecule has 0 saturated heterocycles. The Kier molecular flexibility index (Phi) is 3.04. The third-order valence-electron chi connectivity index (χ3n) is 2.14. The van der Waals surface area contributed by atoms with Gasteiger partial charge in [0.1, 0.15) is 0 Å². The maximum Gasteiger partial charge on any atom is 0.253 e. The third kappa shape index (κ3) is 2.12. The molecule has 0 fully saturated rings. The number of carbonyl (C=O) groups excluding carboxylic acids is 1. The number of benzene rings is 1. The van der Waals surface area contributed by atoms with Gasteiger partial charge in [0.25, 0.3) is 5.91 Å². The predicted octanol–water partition coefficient (Wildman–Crippen LogP) is 0.895. The molecule has 0 saturated carbocycles. The van der Waals surface area contributed by atoms with Crippen LogP contribution in [0.2, 0.25) is 0 Å². The highest BCUT2D eigenvalue weighted by molar-refractivity contribution is 5.95. The Morgan fingerprint density at radius 3 is 2.13 bits per heavy atom. The van der Waals surface area contributed by atoms with Crippen LogP contribution in [0.4, 0.5) is 0 Å². The average molecular weight is 211 g/mol. The molecule has 0 radical (unpaired) electrons. The lowest BCUT2D eigenvalue weighted by Crippen LogP contribution is -2.26. The zero-order chi connectivity index (χ0) is 11.6. The van der Waals surface area contributed by atoms with E-state index in [1.54, 1.807) is 14.0 Å². The molecule has 5 nitrogen and oxygen atoms in total. The minimum atomic E-state index is -0.620. The number of phenols is 3. The fourth-order valence-electron chi connectivity index (χ4n) is 1.09. The van der Waals surface area contributed by atoms with Gasteiger partial charge in [-0.2, -0.15) is 0 Å². The molecule has 0 aromatic heterocycles. The molecular formula is C10H13NO4. The van der Waals surface area contributed by atoms with Crippen molar-refractivity contribution < 1.29 is 20.1 Å². The van der Waals surface area contributed by atoms with E-state index in [-0.39, 0.29) is 11.5 Å². The highest BCUT2D eigenvalue weighted by Gasteiger charge is 2.15. The Labute approximate surface area is 87.2 Å². The van der Waals surface area contributed by atoms with Crippen molar-refractivity contribution in [2.24, 2.45) is 0 Å². The summed E-state index contributed by atoms with van der Waals surface area (Å²) in [6.07, 6.45) is 0. The van der Waals surface area contributed by atoms with Gasteiger partial charge in [-0.05, 0) is 19.1 Å². The van der Waals surface area contributed by atoms with E-state index in [0.29, 0.717) is 6.54 Å². The van der Waals surface area contributed by atoms with E-state index in [1.807, 2.05) is 0 Å². The smallest absolute Gasteiger partial charge is 0.253 e. The molecule has 0 aliphatic carbocycles. The van der Waals surface area contributed by atoms with E-state index in [4.69, 9.17) is 5.11 Å². The second kappa shape index (κ2) is 4.08. The largest absolute Gasteiger partial charge is 0.504 e. The second-order valence-electron chi connectivity index (χ2n) is 3.18. The predicted molar refractivity (Wildman–Crippen MR) is 54.1 cm³/mol. The Bertz CT molecular complexity index is 366. The van der Waals surface area contributed by atoms with Crippen molar-refractivity contribution >= 4 is 5.91 Å². The lowest BCUT2D eigenvalue weighted by atomic mass is 10.1. The SMILES string of the molecule is CCN(C)C(=O)c1cc(O)c(O)c(O)c1. The summed E-state index contributed by atoms with van der Waals surface area (Å²) in [6.45, 7) is 2.32. The van der Waals surface area contributed by atoms with Gasteiger partial charge in [-0.3, -0.25) is 4.79 Å². The number of nitrogens with zero attached hydrogens (tertiary/aromatic N) is 1. The molecule has 1 rings (SSSR count). The van der Waals surface area contributed by atoms with Crippen LogP contribution in [0, 0.1) is 0 Å². The van der Waals surface area contributed by atoms with Crippen LogP contribution in [0.3, 0.4) is 0 Å². The van der Waals surface area contributed by atoms with Crippen molar-refractivity contribution in [3.05, 3.63) is 17.7 Å². The van der Waals surface area contributed by atoms with Crippen LogP contribution in [0.1, 0.15) is 17.3 Å². The molecule has 0 unspecified atom stereocenters. The van der Waals surface area contributed by atoms with Gasteiger partial charge in [0.2, 0.25) is 0 Å². The number of amides is 1. The molecule has 1 aromatic carbocycles. The molecule has 1 amide bonds. The van der Waals surface area contributed by atoms with Crippen LogP contribution >= 0.6 is 0 Å². The van der Waals surface area contributed by atoms with Crippen LogP contribution in [-0.2, 0) is 0 Å². The van der Waals surface area contributed by atoms with Crippen molar-refractivity contribution in [1.82, 2.24) is 4.90 Å². The van der Waals surface area contributed by atoms with Crippen molar-refractivity contribution in [3.8, 4) is 17.2 Å². The first-order valence-electron chi connectivity index (χ1n) is 4.47. The summed E-state index contributed by atoms with van der Waals surface area (Å²) in [5, 5.41) is 27.5. The molecule has 0 aliphatic heterocycles. The second-order valence-corrected chi connectivity index (χ2v) is 3.18. The van der Waals surface area contributed by atoms with E-state index >= 15 is 0 Å². The highest BCUT2D eigenvalue weighted by Crippen LogP contribution is 2.35. The van der Waals surface area contributed by atoms with E-state index in [1.165, 1.54) is 4.90 Å². The van der Waals surface area contributed by atoms with Crippen LogP contribution < -0.4 is 0 Å². The molecule has 1 aromatic rings. The van der Waals surface area contributed by atoms with Gasteiger partial charge in [0.15, 0.2) is 17.2 Å². The molecular weight excluding hydrogens is 198 g/mol. The van der Waals surface area contributed by atoms with Gasteiger partial charge in [-0.1, -0.05) is 0 Å². The Morgan fingerprint density at radius 2 is 1.73 bits per heavy atom. The lowest BCUT2D eigenvalue weighted by Gasteiger charge is -2.14. The summed E-state index contributed by atoms with van der Waals surface area (Å²) in [5.74, 6) is -1.97. The van der Waals surface area contributed by atoms with Crippen molar-refractivity contribution in [3.63, 3.8) is 0 Å². The quantitative estimate of drug-likeness (QED) is 0.635. The topological polar surface area (TPSA) is 81.0 Å². The summed E-state index contributed by atoms with van der Waals surface area (Å²) in [7, 11) is 1.60. The van der Waals surface area contributed by atoms with Crippen LogP contribution in [0.15, 0.2) is 12.1 Å². The van der Waals surface area contributed by atoms with Crippen LogP contribution in [-0.4, -0.2) is 39.7 Å². The summed E-state index contributed by atoms with van der Waals surface area (Å²) in [5.41, 5.74) is 0.132. The van der Waals surface area contributed by atoms with Crippen molar-refractivity contribution in [1.29, 1.82) is 0 Å². The van der Waals surface area contributed by atoms with Crippen LogP contribution in [0.5, 0.6) is 17.2 Å². The minimum Gasteiger partial charge on any atom is -0.504 e. The first-order valence-corrected chi connectivity index (χ1v) is 4.47. The average Bonchev–Trinajstić information content (AvgIpc) is 2.23. The highest BCUT2D eigenvalue weighted by atomic mass is 16.3. The molecule has 0 heterocycles. The van der Waals surface area contributed by atoms with Gasteiger partial charge in [0, 0.05) is 19.2 Å². The summed E-state index contributed by atoms with van der Waals surface area (Å²) < 4.78 is 0. The molecule has 15 heavy (non-hydrogen) atoms.